The molecule has 176 valence electrons. The molecule has 4 rings (SSSR count). The van der Waals surface area contributed by atoms with Crippen molar-refractivity contribution in [3.05, 3.63) is 65.6 Å². The van der Waals surface area contributed by atoms with Crippen molar-refractivity contribution < 1.29 is 19.0 Å². The van der Waals surface area contributed by atoms with Crippen LogP contribution in [0.2, 0.25) is 0 Å². The molecule has 8 heteroatoms. The normalized spacial score (nSPS) is 15.7. The number of hydrogen-bond donors (Lipinski definition) is 2. The molecule has 3 N–H and O–H groups in total. The Hall–Kier alpha value is -3.67. The fourth-order valence-corrected chi connectivity index (χ4v) is 4.47. The van der Waals surface area contributed by atoms with Gasteiger partial charge in [0, 0.05) is 31.2 Å². The Morgan fingerprint density at radius 2 is 1.97 bits per heavy atom. The number of likely N-dealkylation sites (tertiary alicyclic amines) is 1. The van der Waals surface area contributed by atoms with Crippen molar-refractivity contribution in [3.8, 4) is 34.2 Å². The van der Waals surface area contributed by atoms with Gasteiger partial charge in [-0.1, -0.05) is 6.07 Å². The van der Waals surface area contributed by atoms with Crippen molar-refractivity contribution in [2.24, 2.45) is 5.73 Å². The third-order valence-corrected chi connectivity index (χ3v) is 6.15. The lowest BCUT2D eigenvalue weighted by Gasteiger charge is -2.31. The van der Waals surface area contributed by atoms with Crippen LogP contribution in [0, 0.1) is 17.1 Å². The molecule has 1 amide bonds. The lowest BCUT2D eigenvalue weighted by molar-refractivity contribution is 0.0697. The number of hydrogen-bond acceptors (Lipinski definition) is 5. The lowest BCUT2D eigenvalue weighted by Crippen LogP contribution is -2.46. The van der Waals surface area contributed by atoms with Gasteiger partial charge in [0.2, 0.25) is 0 Å². The quantitative estimate of drug-likeness (QED) is 0.584. The second kappa shape index (κ2) is 10.1. The molecule has 1 aromatic heterocycles. The van der Waals surface area contributed by atoms with Crippen LogP contribution in [0.3, 0.4) is 0 Å². The number of methoxy groups -OCH3 is 1. The average Bonchev–Trinajstić information content (AvgIpc) is 3.23. The van der Waals surface area contributed by atoms with E-state index in [0.717, 1.165) is 18.4 Å². The Morgan fingerprint density at radius 3 is 2.59 bits per heavy atom. The van der Waals surface area contributed by atoms with Gasteiger partial charge < -0.3 is 25.0 Å². The summed E-state index contributed by atoms with van der Waals surface area (Å²) in [7, 11) is 1.58. The minimum atomic E-state index is -0.634. The van der Waals surface area contributed by atoms with Gasteiger partial charge in [0.15, 0.2) is 0 Å². The first-order chi connectivity index (χ1) is 16.5. The molecule has 34 heavy (non-hydrogen) atoms. The zero-order chi connectivity index (χ0) is 24.2. The monoisotopic (exact) mass is 462 g/mol. The second-order valence-corrected chi connectivity index (χ2v) is 8.36. The Labute approximate surface area is 197 Å². The van der Waals surface area contributed by atoms with E-state index in [2.05, 4.69) is 0 Å². The second-order valence-electron chi connectivity index (χ2n) is 8.36. The third kappa shape index (κ3) is 4.53. The summed E-state index contributed by atoms with van der Waals surface area (Å²) in [6.07, 6.45) is 1.70. The van der Waals surface area contributed by atoms with Gasteiger partial charge in [0.1, 0.15) is 23.3 Å². The van der Waals surface area contributed by atoms with E-state index >= 15 is 0 Å². The number of aromatic nitrogens is 1. The molecule has 3 aromatic rings. The molecular weight excluding hydrogens is 435 g/mol. The molecule has 1 unspecified atom stereocenters. The van der Waals surface area contributed by atoms with Gasteiger partial charge in [0.25, 0.3) is 5.91 Å². The highest BCUT2D eigenvalue weighted by Crippen LogP contribution is 2.37. The molecule has 1 aliphatic rings. The topological polar surface area (TPSA) is 105 Å². The molecule has 0 bridgehead atoms. The Kier molecular flexibility index (Phi) is 6.96. The van der Waals surface area contributed by atoms with Gasteiger partial charge in [-0.2, -0.15) is 5.26 Å². The van der Waals surface area contributed by atoms with Crippen LogP contribution in [0.5, 0.6) is 5.75 Å². The number of nitrogens with two attached hydrogens (primary N) is 1. The van der Waals surface area contributed by atoms with Crippen molar-refractivity contribution >= 4 is 5.91 Å². The predicted octanol–water partition coefficient (Wildman–Crippen LogP) is 3.40. The van der Waals surface area contributed by atoms with Crippen LogP contribution >= 0.6 is 0 Å². The Bertz CT molecular complexity index is 1230. The van der Waals surface area contributed by atoms with Crippen LogP contribution in [-0.2, 0) is 6.54 Å². The molecule has 0 aliphatic carbocycles. The maximum Gasteiger partial charge on any atom is 0.270 e. The van der Waals surface area contributed by atoms with E-state index in [1.54, 1.807) is 40.8 Å². The van der Waals surface area contributed by atoms with Gasteiger partial charge in [-0.3, -0.25) is 4.79 Å². The largest absolute Gasteiger partial charge is 0.497 e. The van der Waals surface area contributed by atoms with E-state index in [1.807, 2.05) is 18.2 Å². The molecule has 1 saturated heterocycles. The zero-order valence-electron chi connectivity index (χ0n) is 19.0. The van der Waals surface area contributed by atoms with E-state index in [0.29, 0.717) is 41.4 Å². The summed E-state index contributed by atoms with van der Waals surface area (Å²) < 4.78 is 21.6. The van der Waals surface area contributed by atoms with E-state index in [4.69, 9.17) is 15.7 Å². The molecule has 2 aromatic carbocycles. The smallest absolute Gasteiger partial charge is 0.270 e. The number of aliphatic hydroxyl groups excluding tert-OH is 1. The maximum absolute atomic E-state index is 14.5. The molecule has 2 heterocycles. The fraction of sp³-hybridized carbons (Fsp3) is 0.308. The highest BCUT2D eigenvalue weighted by atomic mass is 19.1. The minimum absolute atomic E-state index is 0.0526. The molecule has 1 aliphatic heterocycles. The van der Waals surface area contributed by atoms with E-state index in [-0.39, 0.29) is 30.7 Å². The van der Waals surface area contributed by atoms with Gasteiger partial charge >= 0.3 is 0 Å². The molecule has 7 nitrogen and oxygen atoms in total. The maximum atomic E-state index is 14.5. The van der Waals surface area contributed by atoms with Crippen LogP contribution in [0.4, 0.5) is 4.39 Å². The number of nitriles is 1. The number of benzene rings is 2. The summed E-state index contributed by atoms with van der Waals surface area (Å²) in [4.78, 5) is 15.3. The number of rotatable bonds is 6. The molecule has 1 fully saturated rings. The predicted molar refractivity (Wildman–Crippen MR) is 127 cm³/mol. The van der Waals surface area contributed by atoms with E-state index < -0.39 is 5.82 Å². The number of aliphatic hydroxyl groups is 1. The van der Waals surface area contributed by atoms with Crippen LogP contribution < -0.4 is 10.5 Å². The summed E-state index contributed by atoms with van der Waals surface area (Å²) in [6.45, 7) is 1.07. The summed E-state index contributed by atoms with van der Waals surface area (Å²) in [5, 5.41) is 19.0. The van der Waals surface area contributed by atoms with Crippen LogP contribution in [0.1, 0.15) is 28.9 Å². The first-order valence-electron chi connectivity index (χ1n) is 11.2. The van der Waals surface area contributed by atoms with E-state index in [1.165, 1.54) is 12.1 Å². The molecule has 0 saturated carbocycles. The van der Waals surface area contributed by atoms with Crippen molar-refractivity contribution in [1.29, 1.82) is 5.26 Å². The minimum Gasteiger partial charge on any atom is -0.497 e. The summed E-state index contributed by atoms with van der Waals surface area (Å²) >= 11 is 0. The van der Waals surface area contributed by atoms with Crippen LogP contribution in [0.25, 0.3) is 22.4 Å². The van der Waals surface area contributed by atoms with E-state index in [9.17, 15) is 14.3 Å². The number of nitrogens with zero attached hydrogens (tertiary/aromatic N) is 3. The lowest BCUT2D eigenvalue weighted by atomic mass is 9.99. The number of piperidine rings is 1. The number of carbonyl (C=O) groups is 1. The first-order valence-corrected chi connectivity index (χ1v) is 11.2. The molecular formula is C26H27FN4O3. The molecule has 0 spiro atoms. The zero-order valence-corrected chi connectivity index (χ0v) is 19.0. The van der Waals surface area contributed by atoms with Crippen molar-refractivity contribution in [3.63, 3.8) is 0 Å². The Morgan fingerprint density at radius 1 is 1.24 bits per heavy atom. The number of carbonyl (C=O) groups excluding carboxylic acids is 1. The van der Waals surface area contributed by atoms with Crippen LogP contribution in [0.15, 0.2) is 48.5 Å². The average molecular weight is 463 g/mol. The van der Waals surface area contributed by atoms with Gasteiger partial charge in [-0.15, -0.1) is 0 Å². The summed E-state index contributed by atoms with van der Waals surface area (Å²) in [6, 6.07) is 15.2. The number of halogens is 1. The molecule has 1 atom stereocenters. The number of amides is 1. The summed E-state index contributed by atoms with van der Waals surface area (Å²) in [5.74, 6) is -0.141. The number of ether oxygens (including phenoxy) is 1. The van der Waals surface area contributed by atoms with Gasteiger partial charge in [-0.05, 0) is 66.4 Å². The highest BCUT2D eigenvalue weighted by molar-refractivity contribution is 5.98. The first kappa shape index (κ1) is 23.5. The SMILES string of the molecule is COc1ccc(-c2c(-c3ccc(C#N)c(F)c3)cc(C(=O)N3CCCC(N)C3)n2CCO)cc1. The fourth-order valence-electron chi connectivity index (χ4n) is 4.47. The van der Waals surface area contributed by atoms with Gasteiger partial charge in [-0.25, -0.2) is 4.39 Å². The van der Waals surface area contributed by atoms with Gasteiger partial charge in [0.05, 0.1) is 25.0 Å². The van der Waals surface area contributed by atoms with Crippen molar-refractivity contribution in [1.82, 2.24) is 9.47 Å². The summed E-state index contributed by atoms with van der Waals surface area (Å²) in [5.41, 5.74) is 9.06. The Balaban J connectivity index is 1.91. The van der Waals surface area contributed by atoms with Crippen molar-refractivity contribution in [2.45, 2.75) is 25.4 Å². The highest BCUT2D eigenvalue weighted by Gasteiger charge is 2.28. The molecule has 0 radical (unpaired) electrons. The van der Waals surface area contributed by atoms with Crippen molar-refractivity contribution in [2.75, 3.05) is 26.8 Å². The van der Waals surface area contributed by atoms with Crippen LogP contribution in [-0.4, -0.2) is 53.3 Å². The third-order valence-electron chi connectivity index (χ3n) is 6.15. The standard InChI is InChI=1S/C26H27FN4O3/c1-34-21-8-6-17(7-9-21)25-22(18-4-5-19(15-28)23(27)13-18)14-24(31(25)11-12-32)26(33)30-10-2-3-20(29)16-30/h4-9,13-14,20,32H,2-3,10-12,16,29H2,1H3.